The van der Waals surface area contributed by atoms with Crippen LogP contribution < -0.4 is 10.5 Å². The van der Waals surface area contributed by atoms with E-state index in [1.54, 1.807) is 7.11 Å². The van der Waals surface area contributed by atoms with Crippen LogP contribution in [0.15, 0.2) is 18.2 Å². The van der Waals surface area contributed by atoms with Gasteiger partial charge in [-0.2, -0.15) is 5.10 Å². The average molecular weight is 238 g/mol. The molecule has 84 valence electrons. The zero-order valence-electron chi connectivity index (χ0n) is 9.04. The van der Waals surface area contributed by atoms with Crippen LogP contribution in [0.2, 0.25) is 5.02 Å². The zero-order chi connectivity index (χ0) is 11.7. The maximum absolute atomic E-state index is 6.05. The van der Waals surface area contributed by atoms with Crippen LogP contribution in [0, 0.1) is 6.92 Å². The number of hydrogen-bond acceptors (Lipinski definition) is 3. The van der Waals surface area contributed by atoms with Gasteiger partial charge in [-0.05, 0) is 24.6 Å². The van der Waals surface area contributed by atoms with Crippen molar-refractivity contribution in [3.8, 4) is 16.9 Å². The van der Waals surface area contributed by atoms with Gasteiger partial charge in [-0.1, -0.05) is 17.7 Å². The number of rotatable bonds is 2. The number of aryl methyl sites for hydroxylation is 1. The molecule has 0 aliphatic rings. The van der Waals surface area contributed by atoms with E-state index in [0.29, 0.717) is 16.6 Å². The number of ether oxygens (including phenoxy) is 1. The molecule has 0 atom stereocenters. The van der Waals surface area contributed by atoms with Crippen LogP contribution in [0.4, 0.5) is 5.82 Å². The summed E-state index contributed by atoms with van der Waals surface area (Å²) >= 11 is 6.05. The van der Waals surface area contributed by atoms with Crippen molar-refractivity contribution in [3.05, 3.63) is 28.9 Å². The van der Waals surface area contributed by atoms with Crippen LogP contribution in [0.3, 0.4) is 0 Å². The van der Waals surface area contributed by atoms with Crippen molar-refractivity contribution in [1.29, 1.82) is 0 Å². The fourth-order valence-electron chi connectivity index (χ4n) is 1.63. The highest BCUT2D eigenvalue weighted by Crippen LogP contribution is 2.33. The Kier molecular flexibility index (Phi) is 2.75. The standard InChI is InChI=1S/C11H12ClN3O/c1-6-10(11(13)15-14-6)7-3-4-9(16-2)8(12)5-7/h3-5H,1-2H3,(H3,13,14,15). The Hall–Kier alpha value is -1.68. The lowest BCUT2D eigenvalue weighted by Crippen LogP contribution is -1.90. The molecule has 1 aromatic carbocycles. The van der Waals surface area contributed by atoms with Crippen molar-refractivity contribution < 1.29 is 4.74 Å². The minimum atomic E-state index is 0.471. The molecule has 0 unspecified atom stereocenters. The Labute approximate surface area is 98.4 Å². The van der Waals surface area contributed by atoms with Crippen LogP contribution >= 0.6 is 11.6 Å². The number of aromatic amines is 1. The van der Waals surface area contributed by atoms with Crippen molar-refractivity contribution in [1.82, 2.24) is 10.2 Å². The van der Waals surface area contributed by atoms with Crippen molar-refractivity contribution in [2.24, 2.45) is 0 Å². The predicted octanol–water partition coefficient (Wildman–Crippen LogP) is 2.63. The molecule has 0 aliphatic carbocycles. The number of nitrogens with two attached hydrogens (primary N) is 1. The first-order valence-corrected chi connectivity index (χ1v) is 5.15. The normalized spacial score (nSPS) is 10.4. The monoisotopic (exact) mass is 237 g/mol. The number of halogens is 1. The van der Waals surface area contributed by atoms with E-state index in [1.165, 1.54) is 0 Å². The SMILES string of the molecule is COc1ccc(-c2c(N)n[nH]c2C)cc1Cl. The van der Waals surface area contributed by atoms with Crippen molar-refractivity contribution >= 4 is 17.4 Å². The average Bonchev–Trinajstić information content (AvgIpc) is 2.58. The van der Waals surface area contributed by atoms with Gasteiger partial charge in [0.15, 0.2) is 5.82 Å². The van der Waals surface area contributed by atoms with E-state index < -0.39 is 0 Å². The van der Waals surface area contributed by atoms with E-state index >= 15 is 0 Å². The minimum Gasteiger partial charge on any atom is -0.495 e. The molecular formula is C11H12ClN3O. The molecule has 0 amide bonds. The molecule has 1 heterocycles. The van der Waals surface area contributed by atoms with E-state index in [2.05, 4.69) is 10.2 Å². The number of H-pyrrole nitrogens is 1. The lowest BCUT2D eigenvalue weighted by molar-refractivity contribution is 0.415. The first kappa shape index (κ1) is 10.8. The molecule has 1 aromatic heterocycles. The second-order valence-corrected chi connectivity index (χ2v) is 3.87. The topological polar surface area (TPSA) is 63.9 Å². The van der Waals surface area contributed by atoms with E-state index in [-0.39, 0.29) is 0 Å². The van der Waals surface area contributed by atoms with Crippen LogP contribution in [-0.4, -0.2) is 17.3 Å². The third-order valence-electron chi connectivity index (χ3n) is 2.42. The first-order valence-electron chi connectivity index (χ1n) is 4.78. The molecule has 0 saturated heterocycles. The van der Waals surface area contributed by atoms with Gasteiger partial charge in [-0.25, -0.2) is 0 Å². The highest BCUT2D eigenvalue weighted by Gasteiger charge is 2.11. The Balaban J connectivity index is 2.53. The number of nitrogens with zero attached hydrogens (tertiary/aromatic N) is 1. The Morgan fingerprint density at radius 2 is 2.19 bits per heavy atom. The lowest BCUT2D eigenvalue weighted by Gasteiger charge is -2.06. The smallest absolute Gasteiger partial charge is 0.153 e. The first-order chi connectivity index (χ1) is 7.63. The summed E-state index contributed by atoms with van der Waals surface area (Å²) in [6.45, 7) is 1.91. The highest BCUT2D eigenvalue weighted by molar-refractivity contribution is 6.32. The van der Waals surface area contributed by atoms with Crippen molar-refractivity contribution in [3.63, 3.8) is 0 Å². The summed E-state index contributed by atoms with van der Waals surface area (Å²) in [6, 6.07) is 5.52. The number of hydrogen-bond donors (Lipinski definition) is 2. The van der Waals surface area contributed by atoms with E-state index in [1.807, 2.05) is 25.1 Å². The zero-order valence-corrected chi connectivity index (χ0v) is 9.80. The number of benzene rings is 1. The van der Waals surface area contributed by atoms with Gasteiger partial charge >= 0.3 is 0 Å². The third-order valence-corrected chi connectivity index (χ3v) is 2.71. The maximum Gasteiger partial charge on any atom is 0.153 e. The quantitative estimate of drug-likeness (QED) is 0.844. The van der Waals surface area contributed by atoms with Gasteiger partial charge in [-0.15, -0.1) is 0 Å². The largest absolute Gasteiger partial charge is 0.495 e. The summed E-state index contributed by atoms with van der Waals surface area (Å²) in [4.78, 5) is 0. The summed E-state index contributed by atoms with van der Waals surface area (Å²) in [6.07, 6.45) is 0. The Bertz CT molecular complexity index is 502. The molecule has 0 spiro atoms. The Morgan fingerprint density at radius 3 is 2.69 bits per heavy atom. The van der Waals surface area contributed by atoms with Crippen LogP contribution in [0.25, 0.3) is 11.1 Å². The molecule has 5 heteroatoms. The van der Waals surface area contributed by atoms with E-state index in [0.717, 1.165) is 16.8 Å². The fourth-order valence-corrected chi connectivity index (χ4v) is 1.89. The van der Waals surface area contributed by atoms with Crippen LogP contribution in [0.5, 0.6) is 5.75 Å². The van der Waals surface area contributed by atoms with Gasteiger partial charge < -0.3 is 10.5 Å². The summed E-state index contributed by atoms with van der Waals surface area (Å²) in [7, 11) is 1.58. The summed E-state index contributed by atoms with van der Waals surface area (Å²) in [5.74, 6) is 1.11. The summed E-state index contributed by atoms with van der Waals surface area (Å²) in [5, 5.41) is 7.33. The molecule has 0 fully saturated rings. The maximum atomic E-state index is 6.05. The molecule has 2 rings (SSSR count). The fraction of sp³-hybridized carbons (Fsp3) is 0.182. The van der Waals surface area contributed by atoms with Crippen molar-refractivity contribution in [2.45, 2.75) is 6.92 Å². The van der Waals surface area contributed by atoms with Gasteiger partial charge in [0.2, 0.25) is 0 Å². The predicted molar refractivity (Wildman–Crippen MR) is 64.7 cm³/mol. The number of nitrogens with one attached hydrogen (secondary N) is 1. The molecule has 0 radical (unpaired) electrons. The third kappa shape index (κ3) is 1.72. The number of methoxy groups -OCH3 is 1. The van der Waals surface area contributed by atoms with Gasteiger partial charge in [0.1, 0.15) is 5.75 Å². The molecule has 0 aliphatic heterocycles. The summed E-state index contributed by atoms with van der Waals surface area (Å²) < 4.78 is 5.09. The molecule has 4 nitrogen and oxygen atoms in total. The number of nitrogen functional groups attached to an aromatic ring is 1. The number of anilines is 1. The van der Waals surface area contributed by atoms with Crippen molar-refractivity contribution in [2.75, 3.05) is 12.8 Å². The lowest BCUT2D eigenvalue weighted by atomic mass is 10.1. The Morgan fingerprint density at radius 1 is 1.44 bits per heavy atom. The number of aromatic nitrogens is 2. The molecule has 2 aromatic rings. The molecular weight excluding hydrogens is 226 g/mol. The molecule has 0 bridgehead atoms. The van der Waals surface area contributed by atoms with Gasteiger partial charge in [0, 0.05) is 11.3 Å². The van der Waals surface area contributed by atoms with E-state index in [9.17, 15) is 0 Å². The van der Waals surface area contributed by atoms with Gasteiger partial charge in [-0.3, -0.25) is 5.10 Å². The highest BCUT2D eigenvalue weighted by atomic mass is 35.5. The van der Waals surface area contributed by atoms with Crippen LogP contribution in [-0.2, 0) is 0 Å². The molecule has 3 N–H and O–H groups in total. The molecule has 16 heavy (non-hydrogen) atoms. The van der Waals surface area contributed by atoms with E-state index in [4.69, 9.17) is 22.1 Å². The second-order valence-electron chi connectivity index (χ2n) is 3.46. The second kappa shape index (κ2) is 4.06. The minimum absolute atomic E-state index is 0.471. The molecule has 0 saturated carbocycles. The summed E-state index contributed by atoms with van der Waals surface area (Å²) in [5.41, 5.74) is 8.50. The van der Waals surface area contributed by atoms with Crippen LogP contribution in [0.1, 0.15) is 5.69 Å². The van der Waals surface area contributed by atoms with Gasteiger partial charge in [0.25, 0.3) is 0 Å². The van der Waals surface area contributed by atoms with Gasteiger partial charge in [0.05, 0.1) is 12.1 Å².